The van der Waals surface area contributed by atoms with Gasteiger partial charge in [0.1, 0.15) is 12.4 Å². The molecule has 1 fully saturated rings. The van der Waals surface area contributed by atoms with Crippen LogP contribution in [0.4, 0.5) is 0 Å². The molecular weight excluding hydrogens is 332 g/mol. The molecule has 6 atom stereocenters. The molecule has 0 radical (unpaired) electrons. The van der Waals surface area contributed by atoms with Crippen LogP contribution in [0.25, 0.3) is 0 Å². The summed E-state index contributed by atoms with van der Waals surface area (Å²) in [5, 5.41) is 1.58. The van der Waals surface area contributed by atoms with Crippen LogP contribution in [0.15, 0.2) is 20.6 Å². The SMILES string of the molecule is COCC1OC(C2=C3N=CN=C(SC)C3C(C)S2)C(C)C1OC. The number of methoxy groups -OCH3 is 2. The normalized spacial score (nSPS) is 39.8. The van der Waals surface area contributed by atoms with Crippen molar-refractivity contribution in [2.45, 2.75) is 37.4 Å². The number of thioether (sulfide) groups is 2. The van der Waals surface area contributed by atoms with E-state index in [1.54, 1.807) is 32.3 Å². The van der Waals surface area contributed by atoms with E-state index in [0.29, 0.717) is 11.9 Å². The van der Waals surface area contributed by atoms with Crippen molar-refractivity contribution in [3.05, 3.63) is 10.6 Å². The summed E-state index contributed by atoms with van der Waals surface area (Å²) < 4.78 is 17.3. The highest BCUT2D eigenvalue weighted by Gasteiger charge is 2.48. The van der Waals surface area contributed by atoms with Gasteiger partial charge in [-0.15, -0.1) is 23.5 Å². The van der Waals surface area contributed by atoms with Crippen molar-refractivity contribution in [1.82, 2.24) is 0 Å². The summed E-state index contributed by atoms with van der Waals surface area (Å²) in [5.74, 6) is 0.557. The highest BCUT2D eigenvalue weighted by atomic mass is 32.2. The highest BCUT2D eigenvalue weighted by Crippen LogP contribution is 2.50. The summed E-state index contributed by atoms with van der Waals surface area (Å²) in [5.41, 5.74) is 1.13. The number of hydrogen-bond donors (Lipinski definition) is 0. The molecule has 0 aromatic rings. The zero-order valence-corrected chi connectivity index (χ0v) is 15.8. The second-order valence-electron chi connectivity index (χ2n) is 6.08. The number of rotatable bonds is 4. The Bertz CT molecular complexity index is 549. The topological polar surface area (TPSA) is 52.4 Å². The van der Waals surface area contributed by atoms with Crippen LogP contribution >= 0.6 is 23.5 Å². The fourth-order valence-corrected chi connectivity index (χ4v) is 5.96. The van der Waals surface area contributed by atoms with Crippen molar-refractivity contribution in [3.8, 4) is 0 Å². The largest absolute Gasteiger partial charge is 0.382 e. The number of allylic oxidation sites excluding steroid dienone is 1. The van der Waals surface area contributed by atoms with E-state index < -0.39 is 0 Å². The van der Waals surface area contributed by atoms with Crippen molar-refractivity contribution in [3.63, 3.8) is 0 Å². The molecule has 0 amide bonds. The Balaban J connectivity index is 1.90. The van der Waals surface area contributed by atoms with Crippen LogP contribution in [0.3, 0.4) is 0 Å². The van der Waals surface area contributed by atoms with Crippen LogP contribution in [-0.2, 0) is 14.2 Å². The molecule has 0 saturated carbocycles. The van der Waals surface area contributed by atoms with Crippen LogP contribution in [-0.4, -0.2) is 62.0 Å². The van der Waals surface area contributed by atoms with Crippen molar-refractivity contribution in [2.75, 3.05) is 27.1 Å². The summed E-state index contributed by atoms with van der Waals surface area (Å²) in [6.45, 7) is 4.98. The van der Waals surface area contributed by atoms with E-state index in [1.807, 2.05) is 11.8 Å². The Kier molecular flexibility index (Phi) is 5.53. The van der Waals surface area contributed by atoms with Gasteiger partial charge in [0.05, 0.1) is 35.5 Å². The number of ether oxygens (including phenoxy) is 3. The predicted octanol–water partition coefficient (Wildman–Crippen LogP) is 2.82. The Morgan fingerprint density at radius 1 is 1.35 bits per heavy atom. The Morgan fingerprint density at radius 2 is 2.13 bits per heavy atom. The monoisotopic (exact) mass is 356 g/mol. The first kappa shape index (κ1) is 17.5. The van der Waals surface area contributed by atoms with Crippen LogP contribution in [0.5, 0.6) is 0 Å². The van der Waals surface area contributed by atoms with Gasteiger partial charge in [-0.05, 0) is 6.26 Å². The predicted molar refractivity (Wildman–Crippen MR) is 97.5 cm³/mol. The molecule has 7 heteroatoms. The number of hydrogen-bond acceptors (Lipinski definition) is 7. The third-order valence-corrected chi connectivity index (χ3v) is 6.85. The minimum absolute atomic E-state index is 0.0194. The lowest BCUT2D eigenvalue weighted by atomic mass is 9.94. The first-order chi connectivity index (χ1) is 11.1. The number of fused-ring (bicyclic) bond motifs is 1. The molecule has 0 aromatic heterocycles. The lowest BCUT2D eigenvalue weighted by Gasteiger charge is -2.20. The summed E-state index contributed by atoms with van der Waals surface area (Å²) in [4.78, 5) is 10.3. The maximum Gasteiger partial charge on any atom is 0.116 e. The molecule has 3 rings (SSSR count). The van der Waals surface area contributed by atoms with Crippen molar-refractivity contribution < 1.29 is 14.2 Å². The zero-order chi connectivity index (χ0) is 16.6. The maximum atomic E-state index is 6.32. The van der Waals surface area contributed by atoms with Gasteiger partial charge in [-0.25, -0.2) is 9.98 Å². The first-order valence-electron chi connectivity index (χ1n) is 7.84. The second-order valence-corrected chi connectivity index (χ2v) is 8.32. The minimum Gasteiger partial charge on any atom is -0.382 e. The Labute approximate surface area is 146 Å². The summed E-state index contributed by atoms with van der Waals surface area (Å²) in [6, 6.07) is 0. The lowest BCUT2D eigenvalue weighted by molar-refractivity contribution is -0.0377. The van der Waals surface area contributed by atoms with Gasteiger partial charge in [-0.2, -0.15) is 0 Å². The van der Waals surface area contributed by atoms with Gasteiger partial charge in [-0.1, -0.05) is 13.8 Å². The van der Waals surface area contributed by atoms with Crippen molar-refractivity contribution in [2.24, 2.45) is 21.8 Å². The smallest absolute Gasteiger partial charge is 0.116 e. The Hall–Kier alpha value is -0.340. The van der Waals surface area contributed by atoms with Gasteiger partial charge in [0.25, 0.3) is 0 Å². The van der Waals surface area contributed by atoms with Gasteiger partial charge < -0.3 is 14.2 Å². The van der Waals surface area contributed by atoms with Gasteiger partial charge in [-0.3, -0.25) is 0 Å². The molecule has 1 saturated heterocycles. The van der Waals surface area contributed by atoms with Gasteiger partial charge >= 0.3 is 0 Å². The summed E-state index contributed by atoms with van der Waals surface area (Å²) >= 11 is 3.58. The third-order valence-electron chi connectivity index (χ3n) is 4.73. The molecule has 3 aliphatic rings. The maximum absolute atomic E-state index is 6.32. The van der Waals surface area contributed by atoms with Gasteiger partial charge in [0.2, 0.25) is 0 Å². The van der Waals surface area contributed by atoms with Crippen LogP contribution in [0.1, 0.15) is 13.8 Å². The van der Waals surface area contributed by atoms with E-state index in [-0.39, 0.29) is 30.1 Å². The van der Waals surface area contributed by atoms with Crippen molar-refractivity contribution >= 4 is 34.9 Å². The molecule has 0 N–H and O–H groups in total. The summed E-state index contributed by atoms with van der Waals surface area (Å²) in [7, 11) is 3.45. The average Bonchev–Trinajstić information content (AvgIpc) is 3.05. The fraction of sp³-hybridized carbons (Fsp3) is 0.750. The molecule has 0 bridgehead atoms. The van der Waals surface area contributed by atoms with Gasteiger partial charge in [0.15, 0.2) is 0 Å². The van der Waals surface area contributed by atoms with Crippen LogP contribution in [0.2, 0.25) is 0 Å². The molecule has 0 spiro atoms. The molecule has 23 heavy (non-hydrogen) atoms. The first-order valence-corrected chi connectivity index (χ1v) is 9.94. The third kappa shape index (κ3) is 3.02. The minimum atomic E-state index is -0.0330. The lowest BCUT2D eigenvalue weighted by Crippen LogP contribution is -2.31. The van der Waals surface area contributed by atoms with E-state index in [4.69, 9.17) is 14.2 Å². The molecule has 128 valence electrons. The van der Waals surface area contributed by atoms with E-state index in [0.717, 1.165) is 10.7 Å². The average molecular weight is 357 g/mol. The molecular formula is C16H24N2O3S2. The standard InChI is InChI=1S/C16H24N2O3S2/c1-8-13(20-4)10(6-19-3)21-14(8)15-12-11(9(2)23-15)16(22-5)18-7-17-12/h7-11,13-14H,6H2,1-5H3. The second kappa shape index (κ2) is 7.27. The van der Waals surface area contributed by atoms with Crippen LogP contribution < -0.4 is 0 Å². The van der Waals surface area contributed by atoms with Gasteiger partial charge in [0, 0.05) is 30.3 Å². The Morgan fingerprint density at radius 3 is 2.78 bits per heavy atom. The van der Waals surface area contributed by atoms with E-state index in [1.165, 1.54) is 4.91 Å². The van der Waals surface area contributed by atoms with Crippen LogP contribution in [0, 0.1) is 11.8 Å². The van der Waals surface area contributed by atoms with E-state index >= 15 is 0 Å². The summed E-state index contributed by atoms with van der Waals surface area (Å²) in [6.07, 6.45) is 3.79. The molecule has 6 unspecified atom stereocenters. The molecule has 0 aromatic carbocycles. The number of nitrogens with zero attached hydrogens (tertiary/aromatic N) is 2. The molecule has 0 aliphatic carbocycles. The molecule has 3 heterocycles. The van der Waals surface area contributed by atoms with E-state index in [9.17, 15) is 0 Å². The molecule has 5 nitrogen and oxygen atoms in total. The van der Waals surface area contributed by atoms with E-state index in [2.05, 4.69) is 30.1 Å². The highest BCUT2D eigenvalue weighted by molar-refractivity contribution is 8.13. The fourth-order valence-electron chi connectivity index (χ4n) is 3.65. The molecule has 3 aliphatic heterocycles. The quantitative estimate of drug-likeness (QED) is 0.775. The number of aliphatic imine (C=N–C) groups is 2. The zero-order valence-electron chi connectivity index (χ0n) is 14.2. The van der Waals surface area contributed by atoms with Crippen molar-refractivity contribution in [1.29, 1.82) is 0 Å².